The van der Waals surface area contributed by atoms with Gasteiger partial charge < -0.3 is 16.2 Å². The number of carbonyl (C=O) groups excluding carboxylic acids is 1. The van der Waals surface area contributed by atoms with E-state index in [4.69, 9.17) is 5.73 Å². The standard InChI is InChI=1S/C14H22N2O2/c1-10(7-8-15)4-6-14(18)16-12-9-11(2)3-5-13(12)17/h3,5,9-10,17H,4,6-8,15H2,1-2H3,(H,16,18). The number of hydrogen-bond donors (Lipinski definition) is 3. The van der Waals surface area contributed by atoms with Crippen molar-refractivity contribution in [3.63, 3.8) is 0 Å². The fourth-order valence-corrected chi connectivity index (χ4v) is 1.77. The number of phenolic OH excluding ortho intramolecular Hbond substituents is 1. The summed E-state index contributed by atoms with van der Waals surface area (Å²) in [6.07, 6.45) is 2.20. The molecule has 1 amide bonds. The van der Waals surface area contributed by atoms with Crippen molar-refractivity contribution in [3.8, 4) is 5.75 Å². The predicted octanol–water partition coefficient (Wildman–Crippen LogP) is 2.40. The molecule has 0 radical (unpaired) electrons. The lowest BCUT2D eigenvalue weighted by Gasteiger charge is -2.11. The summed E-state index contributed by atoms with van der Waals surface area (Å²) in [5.41, 5.74) is 6.94. The van der Waals surface area contributed by atoms with Crippen LogP contribution in [0, 0.1) is 12.8 Å². The highest BCUT2D eigenvalue weighted by Crippen LogP contribution is 2.24. The third kappa shape index (κ3) is 4.75. The van der Waals surface area contributed by atoms with Crippen LogP contribution in [0.3, 0.4) is 0 Å². The Morgan fingerprint density at radius 1 is 1.44 bits per heavy atom. The predicted molar refractivity (Wildman–Crippen MR) is 73.5 cm³/mol. The summed E-state index contributed by atoms with van der Waals surface area (Å²) in [6.45, 7) is 4.66. The van der Waals surface area contributed by atoms with Gasteiger partial charge >= 0.3 is 0 Å². The molecule has 18 heavy (non-hydrogen) atoms. The van der Waals surface area contributed by atoms with Crippen LogP contribution in [-0.2, 0) is 4.79 Å². The SMILES string of the molecule is Cc1ccc(O)c(NC(=O)CCC(C)CCN)c1. The second-order valence-corrected chi connectivity index (χ2v) is 4.79. The largest absolute Gasteiger partial charge is 0.506 e. The highest BCUT2D eigenvalue weighted by atomic mass is 16.3. The Kier molecular flexibility index (Phi) is 5.65. The van der Waals surface area contributed by atoms with Gasteiger partial charge in [-0.15, -0.1) is 0 Å². The van der Waals surface area contributed by atoms with E-state index in [1.807, 2.05) is 6.92 Å². The first-order valence-corrected chi connectivity index (χ1v) is 6.32. The average Bonchev–Trinajstić information content (AvgIpc) is 2.32. The van der Waals surface area contributed by atoms with E-state index in [9.17, 15) is 9.90 Å². The maximum atomic E-state index is 11.7. The Bertz CT molecular complexity index is 405. The number of aryl methyl sites for hydroxylation is 1. The van der Waals surface area contributed by atoms with Gasteiger partial charge in [0.15, 0.2) is 0 Å². The van der Waals surface area contributed by atoms with E-state index in [1.165, 1.54) is 0 Å². The lowest BCUT2D eigenvalue weighted by molar-refractivity contribution is -0.116. The van der Waals surface area contributed by atoms with Crippen LogP contribution in [0.15, 0.2) is 18.2 Å². The van der Waals surface area contributed by atoms with E-state index in [-0.39, 0.29) is 11.7 Å². The van der Waals surface area contributed by atoms with Gasteiger partial charge in [0, 0.05) is 6.42 Å². The molecule has 0 aliphatic heterocycles. The third-order valence-electron chi connectivity index (χ3n) is 2.95. The van der Waals surface area contributed by atoms with E-state index < -0.39 is 0 Å². The summed E-state index contributed by atoms with van der Waals surface area (Å²) >= 11 is 0. The topological polar surface area (TPSA) is 75.3 Å². The Morgan fingerprint density at radius 3 is 2.83 bits per heavy atom. The summed E-state index contributed by atoms with van der Waals surface area (Å²) in [4.78, 5) is 11.7. The Hall–Kier alpha value is -1.55. The number of amides is 1. The number of anilines is 1. The summed E-state index contributed by atoms with van der Waals surface area (Å²) in [5, 5.41) is 12.3. The number of aromatic hydroxyl groups is 1. The van der Waals surface area contributed by atoms with Crippen molar-refractivity contribution in [1.29, 1.82) is 0 Å². The molecular weight excluding hydrogens is 228 g/mol. The molecule has 0 saturated carbocycles. The molecule has 0 heterocycles. The van der Waals surface area contributed by atoms with E-state index in [2.05, 4.69) is 12.2 Å². The summed E-state index contributed by atoms with van der Waals surface area (Å²) < 4.78 is 0. The van der Waals surface area contributed by atoms with Crippen molar-refractivity contribution < 1.29 is 9.90 Å². The third-order valence-corrected chi connectivity index (χ3v) is 2.95. The Morgan fingerprint density at radius 2 is 2.17 bits per heavy atom. The number of rotatable bonds is 6. The van der Waals surface area contributed by atoms with E-state index in [0.717, 1.165) is 18.4 Å². The zero-order valence-corrected chi connectivity index (χ0v) is 11.1. The van der Waals surface area contributed by atoms with Crippen molar-refractivity contribution in [2.75, 3.05) is 11.9 Å². The first kappa shape index (κ1) is 14.5. The van der Waals surface area contributed by atoms with Crippen LogP contribution in [0.25, 0.3) is 0 Å². The number of hydrogen-bond acceptors (Lipinski definition) is 3. The molecule has 1 unspecified atom stereocenters. The normalized spacial score (nSPS) is 12.2. The van der Waals surface area contributed by atoms with Crippen LogP contribution in [-0.4, -0.2) is 17.6 Å². The zero-order chi connectivity index (χ0) is 13.5. The second-order valence-electron chi connectivity index (χ2n) is 4.79. The molecule has 0 spiro atoms. The molecule has 1 rings (SSSR count). The van der Waals surface area contributed by atoms with E-state index in [0.29, 0.717) is 24.6 Å². The molecule has 100 valence electrons. The molecule has 1 atom stereocenters. The summed E-state index contributed by atoms with van der Waals surface area (Å²) in [6, 6.07) is 5.15. The van der Waals surface area contributed by atoms with Crippen molar-refractivity contribution >= 4 is 11.6 Å². The number of nitrogens with one attached hydrogen (secondary N) is 1. The van der Waals surface area contributed by atoms with Crippen molar-refractivity contribution in [2.45, 2.75) is 33.1 Å². The van der Waals surface area contributed by atoms with Gasteiger partial charge in [-0.05, 0) is 49.9 Å². The monoisotopic (exact) mass is 250 g/mol. The van der Waals surface area contributed by atoms with Gasteiger partial charge in [0.1, 0.15) is 5.75 Å². The molecule has 4 N–H and O–H groups in total. The fraction of sp³-hybridized carbons (Fsp3) is 0.500. The van der Waals surface area contributed by atoms with Crippen LogP contribution < -0.4 is 11.1 Å². The molecule has 0 bridgehead atoms. The highest BCUT2D eigenvalue weighted by molar-refractivity contribution is 5.92. The minimum absolute atomic E-state index is 0.0697. The fourth-order valence-electron chi connectivity index (χ4n) is 1.77. The minimum atomic E-state index is -0.0697. The molecule has 4 heteroatoms. The number of benzene rings is 1. The minimum Gasteiger partial charge on any atom is -0.506 e. The lowest BCUT2D eigenvalue weighted by atomic mass is 10.0. The quantitative estimate of drug-likeness (QED) is 0.679. The number of carbonyl (C=O) groups is 1. The van der Waals surface area contributed by atoms with Crippen LogP contribution in [0.1, 0.15) is 31.7 Å². The van der Waals surface area contributed by atoms with E-state index >= 15 is 0 Å². The van der Waals surface area contributed by atoms with Gasteiger partial charge in [0.2, 0.25) is 5.91 Å². The molecule has 0 fully saturated rings. The van der Waals surface area contributed by atoms with Crippen molar-refractivity contribution in [2.24, 2.45) is 11.7 Å². The maximum absolute atomic E-state index is 11.7. The molecule has 0 aliphatic carbocycles. The van der Waals surface area contributed by atoms with Gasteiger partial charge in [0.25, 0.3) is 0 Å². The summed E-state index contributed by atoms with van der Waals surface area (Å²) in [5.74, 6) is 0.482. The first-order valence-electron chi connectivity index (χ1n) is 6.32. The molecule has 0 aliphatic rings. The average molecular weight is 250 g/mol. The smallest absolute Gasteiger partial charge is 0.224 e. The Labute approximate surface area is 108 Å². The van der Waals surface area contributed by atoms with Crippen LogP contribution in [0.5, 0.6) is 5.75 Å². The number of phenols is 1. The molecule has 4 nitrogen and oxygen atoms in total. The van der Waals surface area contributed by atoms with Gasteiger partial charge in [0.05, 0.1) is 5.69 Å². The first-order chi connectivity index (χ1) is 8.52. The summed E-state index contributed by atoms with van der Waals surface area (Å²) in [7, 11) is 0. The second kappa shape index (κ2) is 7.01. The molecule has 1 aromatic carbocycles. The van der Waals surface area contributed by atoms with Gasteiger partial charge in [-0.3, -0.25) is 4.79 Å². The van der Waals surface area contributed by atoms with E-state index in [1.54, 1.807) is 18.2 Å². The molecule has 1 aromatic rings. The molecule has 0 saturated heterocycles. The van der Waals surface area contributed by atoms with Crippen LogP contribution in [0.2, 0.25) is 0 Å². The molecular formula is C14H22N2O2. The van der Waals surface area contributed by atoms with Gasteiger partial charge in [-0.1, -0.05) is 13.0 Å². The highest BCUT2D eigenvalue weighted by Gasteiger charge is 2.09. The van der Waals surface area contributed by atoms with Gasteiger partial charge in [-0.25, -0.2) is 0 Å². The number of nitrogens with two attached hydrogens (primary N) is 1. The molecule has 0 aromatic heterocycles. The van der Waals surface area contributed by atoms with Gasteiger partial charge in [-0.2, -0.15) is 0 Å². The Balaban J connectivity index is 2.47. The maximum Gasteiger partial charge on any atom is 0.224 e. The lowest BCUT2D eigenvalue weighted by Crippen LogP contribution is -2.14. The van der Waals surface area contributed by atoms with Crippen molar-refractivity contribution in [1.82, 2.24) is 0 Å². The van der Waals surface area contributed by atoms with Crippen molar-refractivity contribution in [3.05, 3.63) is 23.8 Å². The zero-order valence-electron chi connectivity index (χ0n) is 11.1. The van der Waals surface area contributed by atoms with Crippen LogP contribution in [0.4, 0.5) is 5.69 Å². The van der Waals surface area contributed by atoms with Crippen LogP contribution >= 0.6 is 0 Å².